The van der Waals surface area contributed by atoms with E-state index >= 15 is 0 Å². The van der Waals surface area contributed by atoms with Crippen LogP contribution in [0, 0.1) is 17.8 Å². The Morgan fingerprint density at radius 2 is 1.01 bits per heavy atom. The molecule has 0 spiro atoms. The van der Waals surface area contributed by atoms with Gasteiger partial charge in [0.15, 0.2) is 0 Å². The van der Waals surface area contributed by atoms with Gasteiger partial charge >= 0.3 is 11.9 Å². The Morgan fingerprint density at radius 1 is 0.562 bits per heavy atom. The minimum atomic E-state index is -1.89. The fourth-order valence-corrected chi connectivity index (χ4v) is 6.89. The number of carboxylic acids is 2. The Bertz CT molecular complexity index is 2120. The van der Waals surface area contributed by atoms with Crippen molar-refractivity contribution in [2.75, 3.05) is 13.2 Å². The van der Waals surface area contributed by atoms with Gasteiger partial charge in [0.25, 0.3) is 0 Å². The number of carboxylic acid groups (broad SMARTS) is 2. The number of aromatic hydroxyl groups is 1. The summed E-state index contributed by atoms with van der Waals surface area (Å²) in [5, 5.41) is 69.9. The fourth-order valence-electron chi connectivity index (χ4n) is 6.89. The standard InChI is InChI=1S/C46H72N10O17/c1-9-22(5)36(43(69)51-29(17-33(47)61)41(67)50-30(18-35(63)64)42(68)52-31(46(72)73)15-21(3)4)55-44(70)37(23(6)10-2)56-45(71)38(24(7)58)54-34(62)19-48-39(65)32(20-57)53-40(66)28(49-25(8)59)16-26-11-13-27(60)14-12-26/h11-14,21-24,28-32,36-38,57-58,60H,9-10,15-20H2,1-8H3,(H2,47,61)(H,48,65)(H,49,59)(H,50,67)(H,51,69)(H,52,68)(H,53,66)(H,54,62)(H,55,70)(H,56,71)(H,63,64)(H,72,73)/t22-,23-,24+,28-,29-,30-,31-,32-,36-,37-,38-/m0/s1. The van der Waals surface area contributed by atoms with Gasteiger partial charge in [0.05, 0.1) is 32.1 Å². The van der Waals surface area contributed by atoms with Gasteiger partial charge in [-0.05, 0) is 48.8 Å². The number of carbonyl (C=O) groups excluding carboxylic acids is 10. The van der Waals surface area contributed by atoms with Crippen molar-refractivity contribution in [2.24, 2.45) is 23.5 Å². The zero-order valence-corrected chi connectivity index (χ0v) is 42.1. The number of nitrogens with two attached hydrogens (primary N) is 1. The molecule has 11 atom stereocenters. The molecule has 0 fully saturated rings. The molecule has 16 N–H and O–H groups in total. The normalized spacial score (nSPS) is 15.5. The largest absolute Gasteiger partial charge is 0.508 e. The number of aliphatic hydroxyl groups is 2. The second-order valence-corrected chi connectivity index (χ2v) is 18.0. The third kappa shape index (κ3) is 22.7. The molecule has 0 saturated carbocycles. The highest BCUT2D eigenvalue weighted by Crippen LogP contribution is 2.15. The summed E-state index contributed by atoms with van der Waals surface area (Å²) in [6.07, 6.45) is -3.17. The van der Waals surface area contributed by atoms with Crippen LogP contribution in [0.5, 0.6) is 5.75 Å². The number of hydrogen-bond acceptors (Lipinski definition) is 15. The first kappa shape index (κ1) is 63.6. The molecule has 0 aliphatic heterocycles. The van der Waals surface area contributed by atoms with Crippen LogP contribution in [0.4, 0.5) is 0 Å². The highest BCUT2D eigenvalue weighted by atomic mass is 16.4. The molecule has 0 bridgehead atoms. The summed E-state index contributed by atoms with van der Waals surface area (Å²) in [4.78, 5) is 155. The van der Waals surface area contributed by atoms with E-state index in [1.54, 1.807) is 41.5 Å². The molecule has 0 unspecified atom stereocenters. The van der Waals surface area contributed by atoms with E-state index in [1.807, 2.05) is 0 Å². The van der Waals surface area contributed by atoms with Crippen LogP contribution in [-0.2, 0) is 64.0 Å². The Hall–Kier alpha value is -7.42. The summed E-state index contributed by atoms with van der Waals surface area (Å²) in [6.45, 7) is 10.3. The molecule has 73 heavy (non-hydrogen) atoms. The predicted molar refractivity (Wildman–Crippen MR) is 257 cm³/mol. The van der Waals surface area contributed by atoms with Crippen LogP contribution in [0.3, 0.4) is 0 Å². The first-order valence-electron chi connectivity index (χ1n) is 23.5. The van der Waals surface area contributed by atoms with Crippen molar-refractivity contribution in [1.82, 2.24) is 47.9 Å². The summed E-state index contributed by atoms with van der Waals surface area (Å²) in [5.41, 5.74) is 5.90. The highest BCUT2D eigenvalue weighted by Gasteiger charge is 2.38. The number of hydrogen-bond donors (Lipinski definition) is 15. The number of phenols is 1. The average Bonchev–Trinajstić information content (AvgIpc) is 3.30. The summed E-state index contributed by atoms with van der Waals surface area (Å²) in [7, 11) is 0. The summed E-state index contributed by atoms with van der Waals surface area (Å²) in [6, 6.07) is -7.01. The number of nitrogens with one attached hydrogen (secondary N) is 9. The maximum absolute atomic E-state index is 14.0. The van der Waals surface area contributed by atoms with Gasteiger partial charge in [-0.2, -0.15) is 0 Å². The topological polar surface area (TPSA) is 440 Å². The van der Waals surface area contributed by atoms with Crippen LogP contribution >= 0.6 is 0 Å². The highest BCUT2D eigenvalue weighted by molar-refractivity contribution is 5.99. The second kappa shape index (κ2) is 31.1. The fraction of sp³-hybridized carbons (Fsp3) is 0.609. The van der Waals surface area contributed by atoms with Crippen molar-refractivity contribution >= 4 is 71.0 Å². The van der Waals surface area contributed by atoms with Crippen molar-refractivity contribution in [3.8, 4) is 5.75 Å². The van der Waals surface area contributed by atoms with Gasteiger partial charge in [-0.1, -0.05) is 66.5 Å². The van der Waals surface area contributed by atoms with Crippen molar-refractivity contribution < 1.29 is 83.1 Å². The lowest BCUT2D eigenvalue weighted by Gasteiger charge is -2.31. The van der Waals surface area contributed by atoms with E-state index in [0.29, 0.717) is 5.56 Å². The Kier molecular flexibility index (Phi) is 27.1. The minimum Gasteiger partial charge on any atom is -0.508 e. The number of amides is 10. The van der Waals surface area contributed by atoms with E-state index in [1.165, 1.54) is 24.3 Å². The molecule has 27 nitrogen and oxygen atoms in total. The molecule has 1 rings (SSSR count). The van der Waals surface area contributed by atoms with Gasteiger partial charge < -0.3 is 79.1 Å². The molecular weight excluding hydrogens is 965 g/mol. The molecular formula is C46H72N10O17. The smallest absolute Gasteiger partial charge is 0.326 e. The number of aliphatic hydroxyl groups excluding tert-OH is 2. The SMILES string of the molecule is CC[C@H](C)[C@H](NC(=O)[C@@H](NC(=O)CNC(=O)[C@H](CO)NC(=O)[C@H](Cc1ccc(O)cc1)NC(C)=O)[C@@H](C)O)C(=O)N[C@H](C(=O)N[C@@H](CC(N)=O)C(=O)N[C@@H](CC(=O)O)C(=O)N[C@@H](CC(C)C)C(=O)O)[C@@H](C)CC. The predicted octanol–water partition coefficient (Wildman–Crippen LogP) is -4.10. The summed E-state index contributed by atoms with van der Waals surface area (Å²) < 4.78 is 0. The number of aliphatic carboxylic acids is 2. The lowest BCUT2D eigenvalue weighted by Crippen LogP contribution is -2.62. The Labute approximate surface area is 421 Å². The maximum Gasteiger partial charge on any atom is 0.326 e. The molecule has 0 heterocycles. The summed E-state index contributed by atoms with van der Waals surface area (Å²) in [5.74, 6) is -14.9. The molecule has 0 aliphatic rings. The lowest BCUT2D eigenvalue weighted by molar-refractivity contribution is -0.144. The van der Waals surface area contributed by atoms with Crippen molar-refractivity contribution in [1.29, 1.82) is 0 Å². The van der Waals surface area contributed by atoms with E-state index in [9.17, 15) is 83.1 Å². The minimum absolute atomic E-state index is 0.0419. The van der Waals surface area contributed by atoms with Gasteiger partial charge in [0.1, 0.15) is 54.1 Å². The van der Waals surface area contributed by atoms with E-state index in [4.69, 9.17) is 5.73 Å². The maximum atomic E-state index is 14.0. The molecule has 1 aromatic rings. The molecule has 1 aromatic carbocycles. The van der Waals surface area contributed by atoms with Crippen LogP contribution < -0.4 is 53.6 Å². The first-order chi connectivity index (χ1) is 34.0. The molecule has 0 aromatic heterocycles. The number of carbonyl (C=O) groups is 12. The number of rotatable bonds is 32. The van der Waals surface area contributed by atoms with Crippen LogP contribution in [-0.4, -0.2) is 164 Å². The van der Waals surface area contributed by atoms with Gasteiger partial charge in [-0.3, -0.25) is 52.7 Å². The molecule has 0 radical (unpaired) electrons. The van der Waals surface area contributed by atoms with E-state index in [2.05, 4.69) is 47.9 Å². The number of phenolic OH excluding ortho intramolecular Hbond substituents is 1. The zero-order valence-electron chi connectivity index (χ0n) is 42.1. The van der Waals surface area contributed by atoms with Crippen LogP contribution in [0.15, 0.2) is 24.3 Å². The van der Waals surface area contributed by atoms with E-state index in [0.717, 1.165) is 13.8 Å². The van der Waals surface area contributed by atoms with Crippen molar-refractivity contribution in [3.05, 3.63) is 29.8 Å². The zero-order chi connectivity index (χ0) is 55.9. The lowest BCUT2D eigenvalue weighted by atomic mass is 9.94. The third-order valence-electron chi connectivity index (χ3n) is 11.3. The van der Waals surface area contributed by atoms with Crippen LogP contribution in [0.25, 0.3) is 0 Å². The molecule has 27 heteroatoms. The number of primary amides is 1. The van der Waals surface area contributed by atoms with Gasteiger partial charge in [0.2, 0.25) is 59.1 Å². The van der Waals surface area contributed by atoms with Crippen LogP contribution in [0.2, 0.25) is 0 Å². The van der Waals surface area contributed by atoms with E-state index in [-0.39, 0.29) is 37.4 Å². The van der Waals surface area contributed by atoms with Crippen LogP contribution in [0.1, 0.15) is 93.1 Å². The second-order valence-electron chi connectivity index (χ2n) is 18.0. The molecule has 408 valence electrons. The van der Waals surface area contributed by atoms with Crippen molar-refractivity contribution in [3.63, 3.8) is 0 Å². The monoisotopic (exact) mass is 1040 g/mol. The quantitative estimate of drug-likeness (QED) is 0.0326. The first-order valence-corrected chi connectivity index (χ1v) is 23.5. The van der Waals surface area contributed by atoms with Gasteiger partial charge in [-0.15, -0.1) is 0 Å². The van der Waals surface area contributed by atoms with Gasteiger partial charge in [0, 0.05) is 13.3 Å². The van der Waals surface area contributed by atoms with Gasteiger partial charge in [-0.25, -0.2) is 4.79 Å². The molecule has 0 saturated heterocycles. The Balaban J connectivity index is 3.24. The molecule has 0 aliphatic carbocycles. The number of benzene rings is 1. The Morgan fingerprint density at radius 3 is 1.45 bits per heavy atom. The third-order valence-corrected chi connectivity index (χ3v) is 11.3. The van der Waals surface area contributed by atoms with Crippen molar-refractivity contribution in [2.45, 2.75) is 148 Å². The van der Waals surface area contributed by atoms with E-state index < -0.39 is 163 Å². The summed E-state index contributed by atoms with van der Waals surface area (Å²) >= 11 is 0. The average molecular weight is 1040 g/mol. The molecule has 10 amide bonds.